The van der Waals surface area contributed by atoms with Crippen molar-refractivity contribution in [2.75, 3.05) is 37.7 Å². The fourth-order valence-electron chi connectivity index (χ4n) is 2.19. The molecule has 1 aromatic rings. The number of nitrogens with two attached hydrogens (primary N) is 1. The van der Waals surface area contributed by atoms with Crippen LogP contribution in [-0.2, 0) is 0 Å². The highest BCUT2D eigenvalue weighted by Gasteiger charge is 2.17. The second kappa shape index (κ2) is 5.51. The molecule has 1 aromatic heterocycles. The number of anilines is 2. The predicted molar refractivity (Wildman–Crippen MR) is 70.2 cm³/mol. The molecule has 3 N–H and O–H groups in total. The van der Waals surface area contributed by atoms with E-state index in [1.165, 1.54) is 25.7 Å². The molecular formula is C11H18ClN5. The highest BCUT2D eigenvalue weighted by atomic mass is 35.5. The van der Waals surface area contributed by atoms with Crippen LogP contribution in [0.3, 0.4) is 0 Å². The molecule has 5 nitrogen and oxygen atoms in total. The normalized spacial score (nSPS) is 21.4. The smallest absolute Gasteiger partial charge is 0.150 e. The lowest BCUT2D eigenvalue weighted by molar-refractivity contribution is 0.217. The third kappa shape index (κ3) is 3.20. The molecule has 1 atom stereocenters. The molecular weight excluding hydrogens is 238 g/mol. The topological polar surface area (TPSA) is 67.1 Å². The van der Waals surface area contributed by atoms with Gasteiger partial charge in [0.1, 0.15) is 23.0 Å². The summed E-state index contributed by atoms with van der Waals surface area (Å²) in [6.45, 7) is 3.18. The van der Waals surface area contributed by atoms with Crippen molar-refractivity contribution in [1.29, 1.82) is 0 Å². The Kier molecular flexibility index (Phi) is 4.02. The number of halogens is 1. The van der Waals surface area contributed by atoms with E-state index >= 15 is 0 Å². The molecule has 1 saturated heterocycles. The summed E-state index contributed by atoms with van der Waals surface area (Å²) < 4.78 is 0. The van der Waals surface area contributed by atoms with E-state index in [2.05, 4.69) is 27.2 Å². The Balaban J connectivity index is 1.91. The summed E-state index contributed by atoms with van der Waals surface area (Å²) in [5, 5.41) is 3.67. The molecule has 1 aliphatic rings. The number of hydrogen-bond donors (Lipinski definition) is 2. The van der Waals surface area contributed by atoms with Crippen LogP contribution in [0.5, 0.6) is 0 Å². The van der Waals surface area contributed by atoms with Gasteiger partial charge in [0.15, 0.2) is 0 Å². The summed E-state index contributed by atoms with van der Waals surface area (Å²) in [6, 6.07) is 0. The molecule has 0 bridgehead atoms. The first kappa shape index (κ1) is 12.4. The van der Waals surface area contributed by atoms with Gasteiger partial charge in [-0.2, -0.15) is 0 Å². The fraction of sp³-hybridized carbons (Fsp3) is 0.636. The highest BCUT2D eigenvalue weighted by Crippen LogP contribution is 2.24. The first-order chi connectivity index (χ1) is 8.16. The number of hydrogen-bond acceptors (Lipinski definition) is 5. The van der Waals surface area contributed by atoms with Gasteiger partial charge in [0.2, 0.25) is 0 Å². The van der Waals surface area contributed by atoms with Crippen molar-refractivity contribution in [2.24, 2.45) is 5.92 Å². The molecule has 1 fully saturated rings. The van der Waals surface area contributed by atoms with Crippen molar-refractivity contribution >= 4 is 23.2 Å². The van der Waals surface area contributed by atoms with Gasteiger partial charge in [-0.25, -0.2) is 9.97 Å². The van der Waals surface area contributed by atoms with Crippen LogP contribution in [0.4, 0.5) is 11.6 Å². The van der Waals surface area contributed by atoms with E-state index in [0.29, 0.717) is 22.6 Å². The van der Waals surface area contributed by atoms with Gasteiger partial charge in [0, 0.05) is 13.1 Å². The highest BCUT2D eigenvalue weighted by molar-refractivity contribution is 6.35. The van der Waals surface area contributed by atoms with Gasteiger partial charge >= 0.3 is 0 Å². The number of nitrogen functional groups attached to an aromatic ring is 1. The van der Waals surface area contributed by atoms with Crippen molar-refractivity contribution in [3.05, 3.63) is 11.3 Å². The van der Waals surface area contributed by atoms with Crippen LogP contribution < -0.4 is 11.1 Å². The summed E-state index contributed by atoms with van der Waals surface area (Å²) in [7, 11) is 2.15. The van der Waals surface area contributed by atoms with Gasteiger partial charge in [-0.15, -0.1) is 0 Å². The van der Waals surface area contributed by atoms with Gasteiger partial charge in [-0.3, -0.25) is 0 Å². The molecule has 2 rings (SSSR count). The van der Waals surface area contributed by atoms with E-state index in [1.54, 1.807) is 0 Å². The van der Waals surface area contributed by atoms with Crippen molar-refractivity contribution in [2.45, 2.75) is 12.8 Å². The maximum Gasteiger partial charge on any atom is 0.150 e. The van der Waals surface area contributed by atoms with E-state index in [-0.39, 0.29) is 0 Å². The van der Waals surface area contributed by atoms with Crippen LogP contribution >= 0.6 is 11.6 Å². The monoisotopic (exact) mass is 255 g/mol. The molecule has 0 amide bonds. The lowest BCUT2D eigenvalue weighted by atomic mass is 9.98. The van der Waals surface area contributed by atoms with E-state index in [1.807, 2.05) is 0 Å². The first-order valence-electron chi connectivity index (χ1n) is 5.85. The Morgan fingerprint density at radius 3 is 3.18 bits per heavy atom. The van der Waals surface area contributed by atoms with Gasteiger partial charge in [-0.1, -0.05) is 11.6 Å². The van der Waals surface area contributed by atoms with Crippen LogP contribution in [0, 0.1) is 5.92 Å². The number of piperidine rings is 1. The predicted octanol–water partition coefficient (Wildman–Crippen LogP) is 1.47. The molecule has 6 heteroatoms. The molecule has 0 aliphatic carbocycles. The molecule has 0 aromatic carbocycles. The van der Waals surface area contributed by atoms with Crippen molar-refractivity contribution in [1.82, 2.24) is 14.9 Å². The van der Waals surface area contributed by atoms with Gasteiger partial charge in [0.05, 0.1) is 0 Å². The van der Waals surface area contributed by atoms with Crippen molar-refractivity contribution in [3.63, 3.8) is 0 Å². The summed E-state index contributed by atoms with van der Waals surface area (Å²) in [5.41, 5.74) is 5.62. The van der Waals surface area contributed by atoms with Crippen molar-refractivity contribution in [3.8, 4) is 0 Å². The fourth-order valence-corrected chi connectivity index (χ4v) is 2.35. The van der Waals surface area contributed by atoms with Crippen molar-refractivity contribution < 1.29 is 0 Å². The largest absolute Gasteiger partial charge is 0.382 e. The standard InChI is InChI=1S/C11H18ClN5/c1-17-4-2-3-8(6-17)5-14-11-9(12)10(13)15-7-16-11/h7-8H,2-6H2,1H3,(H3,13,14,15,16). The number of aromatic nitrogens is 2. The molecule has 0 spiro atoms. The Hall–Kier alpha value is -1.07. The third-order valence-electron chi connectivity index (χ3n) is 3.10. The van der Waals surface area contributed by atoms with Crippen LogP contribution in [-0.4, -0.2) is 41.5 Å². The zero-order valence-electron chi connectivity index (χ0n) is 9.99. The second-order valence-electron chi connectivity index (χ2n) is 4.57. The average molecular weight is 256 g/mol. The maximum absolute atomic E-state index is 6.02. The second-order valence-corrected chi connectivity index (χ2v) is 4.95. The molecule has 94 valence electrons. The zero-order valence-corrected chi connectivity index (χ0v) is 10.7. The minimum Gasteiger partial charge on any atom is -0.382 e. The average Bonchev–Trinajstić information content (AvgIpc) is 2.31. The number of rotatable bonds is 3. The lowest BCUT2D eigenvalue weighted by Gasteiger charge is -2.29. The summed E-state index contributed by atoms with van der Waals surface area (Å²) in [5.74, 6) is 1.60. The SMILES string of the molecule is CN1CCCC(CNc2ncnc(N)c2Cl)C1. The minimum absolute atomic E-state index is 0.324. The van der Waals surface area contributed by atoms with Crippen LogP contribution in [0.1, 0.15) is 12.8 Å². The number of likely N-dealkylation sites (tertiary alicyclic amines) is 1. The molecule has 0 radical (unpaired) electrons. The van der Waals surface area contributed by atoms with Crippen LogP contribution in [0.2, 0.25) is 5.02 Å². The van der Waals surface area contributed by atoms with Crippen LogP contribution in [0.25, 0.3) is 0 Å². The zero-order chi connectivity index (χ0) is 12.3. The molecule has 1 aliphatic heterocycles. The van der Waals surface area contributed by atoms with E-state index < -0.39 is 0 Å². The number of nitrogens with one attached hydrogen (secondary N) is 1. The maximum atomic E-state index is 6.02. The Morgan fingerprint density at radius 1 is 1.59 bits per heavy atom. The Labute approximate surface area is 106 Å². The summed E-state index contributed by atoms with van der Waals surface area (Å²) >= 11 is 6.02. The van der Waals surface area contributed by atoms with Gasteiger partial charge in [0.25, 0.3) is 0 Å². The first-order valence-corrected chi connectivity index (χ1v) is 6.23. The van der Waals surface area contributed by atoms with E-state index in [4.69, 9.17) is 17.3 Å². The molecule has 2 heterocycles. The van der Waals surface area contributed by atoms with E-state index in [9.17, 15) is 0 Å². The quantitative estimate of drug-likeness (QED) is 0.856. The minimum atomic E-state index is 0.324. The lowest BCUT2D eigenvalue weighted by Crippen LogP contribution is -2.35. The third-order valence-corrected chi connectivity index (χ3v) is 3.47. The van der Waals surface area contributed by atoms with E-state index in [0.717, 1.165) is 13.1 Å². The Morgan fingerprint density at radius 2 is 2.41 bits per heavy atom. The van der Waals surface area contributed by atoms with Crippen LogP contribution in [0.15, 0.2) is 6.33 Å². The summed E-state index contributed by atoms with van der Waals surface area (Å²) in [4.78, 5) is 10.3. The summed E-state index contributed by atoms with van der Waals surface area (Å²) in [6.07, 6.45) is 3.93. The molecule has 0 saturated carbocycles. The van der Waals surface area contributed by atoms with Gasteiger partial charge in [-0.05, 0) is 32.4 Å². The van der Waals surface area contributed by atoms with Gasteiger partial charge < -0.3 is 16.0 Å². The molecule has 17 heavy (non-hydrogen) atoms. The molecule has 1 unspecified atom stereocenters. The number of nitrogens with zero attached hydrogens (tertiary/aromatic N) is 3. The Bertz CT molecular complexity index is 384.